The molecule has 1 aliphatic heterocycles. The van der Waals surface area contributed by atoms with Crippen molar-refractivity contribution in [2.75, 3.05) is 13.4 Å². The number of esters is 1. The van der Waals surface area contributed by atoms with Gasteiger partial charge in [0.05, 0.1) is 12.3 Å². The number of hydrogen-bond donors (Lipinski definition) is 0. The van der Waals surface area contributed by atoms with Crippen LogP contribution in [0.25, 0.3) is 11.3 Å². The van der Waals surface area contributed by atoms with Crippen molar-refractivity contribution < 1.29 is 19.0 Å². The van der Waals surface area contributed by atoms with Gasteiger partial charge in [-0.25, -0.2) is 9.78 Å². The molecule has 0 bridgehead atoms. The van der Waals surface area contributed by atoms with Gasteiger partial charge < -0.3 is 14.2 Å². The van der Waals surface area contributed by atoms with Crippen molar-refractivity contribution in [3.63, 3.8) is 0 Å². The summed E-state index contributed by atoms with van der Waals surface area (Å²) in [5.74, 6) is 1.03. The lowest BCUT2D eigenvalue weighted by Crippen LogP contribution is -2.03. The van der Waals surface area contributed by atoms with Gasteiger partial charge in [0.2, 0.25) is 11.8 Å². The molecule has 0 saturated carbocycles. The molecule has 19 heavy (non-hydrogen) atoms. The lowest BCUT2D eigenvalue weighted by Gasteiger charge is -1.99. The fourth-order valence-corrected chi connectivity index (χ4v) is 2.47. The van der Waals surface area contributed by atoms with Crippen LogP contribution in [0.4, 0.5) is 0 Å². The molecular weight excluding hydrogens is 266 g/mol. The topological polar surface area (TPSA) is 57.7 Å². The summed E-state index contributed by atoms with van der Waals surface area (Å²) in [4.78, 5) is 15.8. The largest absolute Gasteiger partial charge is 0.461 e. The molecule has 0 fully saturated rings. The van der Waals surface area contributed by atoms with Gasteiger partial charge in [0.25, 0.3) is 0 Å². The van der Waals surface area contributed by atoms with E-state index in [0.717, 1.165) is 17.0 Å². The van der Waals surface area contributed by atoms with Gasteiger partial charge in [0.15, 0.2) is 11.5 Å². The van der Waals surface area contributed by atoms with E-state index < -0.39 is 0 Å². The normalized spacial score (nSPS) is 12.5. The quantitative estimate of drug-likeness (QED) is 0.807. The lowest BCUT2D eigenvalue weighted by atomic mass is 10.1. The fourth-order valence-electron chi connectivity index (χ4n) is 1.75. The van der Waals surface area contributed by atoms with E-state index in [1.54, 1.807) is 6.92 Å². The molecule has 0 N–H and O–H groups in total. The number of aromatic nitrogens is 1. The Kier molecular flexibility index (Phi) is 3.08. The monoisotopic (exact) mass is 277 g/mol. The lowest BCUT2D eigenvalue weighted by molar-refractivity contribution is 0.0526. The van der Waals surface area contributed by atoms with Gasteiger partial charge in [-0.3, -0.25) is 0 Å². The number of ether oxygens (including phenoxy) is 3. The number of rotatable bonds is 3. The predicted octanol–water partition coefficient (Wildman–Crippen LogP) is 2.72. The summed E-state index contributed by atoms with van der Waals surface area (Å²) in [5.41, 5.74) is 1.61. The van der Waals surface area contributed by atoms with Gasteiger partial charge in [-0.05, 0) is 25.1 Å². The van der Waals surface area contributed by atoms with Gasteiger partial charge in [-0.1, -0.05) is 0 Å². The second-order valence-corrected chi connectivity index (χ2v) is 4.68. The minimum atomic E-state index is -0.389. The second kappa shape index (κ2) is 4.89. The molecule has 2 heterocycles. The number of thiazole rings is 1. The highest BCUT2D eigenvalue weighted by molar-refractivity contribution is 7.11. The summed E-state index contributed by atoms with van der Waals surface area (Å²) in [7, 11) is 0. The molecule has 1 aromatic heterocycles. The molecule has 1 aromatic carbocycles. The van der Waals surface area contributed by atoms with E-state index in [2.05, 4.69) is 4.98 Å². The zero-order valence-corrected chi connectivity index (χ0v) is 11.0. The van der Waals surface area contributed by atoms with Gasteiger partial charge in [-0.15, -0.1) is 11.3 Å². The molecule has 1 aliphatic rings. The minimum absolute atomic E-state index is 0.240. The number of fused-ring (bicyclic) bond motifs is 1. The van der Waals surface area contributed by atoms with Crippen LogP contribution in [-0.4, -0.2) is 24.4 Å². The Balaban J connectivity index is 1.88. The summed E-state index contributed by atoms with van der Waals surface area (Å²) >= 11 is 1.27. The van der Waals surface area contributed by atoms with Crippen LogP contribution in [0.5, 0.6) is 11.5 Å². The highest BCUT2D eigenvalue weighted by Crippen LogP contribution is 2.36. The van der Waals surface area contributed by atoms with Crippen LogP contribution in [0.3, 0.4) is 0 Å². The summed E-state index contributed by atoms with van der Waals surface area (Å²) in [5, 5.41) is 2.18. The van der Waals surface area contributed by atoms with E-state index in [1.165, 1.54) is 11.3 Å². The molecule has 0 spiro atoms. The van der Waals surface area contributed by atoms with Gasteiger partial charge in [0, 0.05) is 10.9 Å². The summed E-state index contributed by atoms with van der Waals surface area (Å²) in [6.45, 7) is 2.35. The Bertz CT molecular complexity index is 623. The van der Waals surface area contributed by atoms with Gasteiger partial charge >= 0.3 is 5.97 Å². The van der Waals surface area contributed by atoms with E-state index >= 15 is 0 Å². The maximum atomic E-state index is 11.6. The first-order valence-corrected chi connectivity index (χ1v) is 6.68. The molecule has 98 valence electrons. The van der Waals surface area contributed by atoms with Crippen molar-refractivity contribution in [3.8, 4) is 22.8 Å². The molecule has 0 unspecified atom stereocenters. The zero-order chi connectivity index (χ0) is 13.2. The molecule has 0 amide bonds. The van der Waals surface area contributed by atoms with Crippen LogP contribution in [0.15, 0.2) is 23.6 Å². The molecule has 0 aliphatic carbocycles. The van der Waals surface area contributed by atoms with Crippen LogP contribution < -0.4 is 9.47 Å². The molecule has 2 aromatic rings. The van der Waals surface area contributed by atoms with Gasteiger partial charge in [0.1, 0.15) is 0 Å². The van der Waals surface area contributed by atoms with Crippen LogP contribution >= 0.6 is 11.3 Å². The highest BCUT2D eigenvalue weighted by atomic mass is 32.1. The van der Waals surface area contributed by atoms with Crippen molar-refractivity contribution in [1.29, 1.82) is 0 Å². The molecular formula is C13H11NO4S. The predicted molar refractivity (Wildman–Crippen MR) is 69.6 cm³/mol. The maximum absolute atomic E-state index is 11.6. The highest BCUT2D eigenvalue weighted by Gasteiger charge is 2.17. The maximum Gasteiger partial charge on any atom is 0.367 e. The number of nitrogens with zero attached hydrogens (tertiary/aromatic N) is 1. The summed E-state index contributed by atoms with van der Waals surface area (Å²) < 4.78 is 15.5. The van der Waals surface area contributed by atoms with E-state index in [1.807, 2.05) is 23.6 Å². The summed E-state index contributed by atoms with van der Waals surface area (Å²) in [6, 6.07) is 5.57. The molecule has 6 heteroatoms. The number of benzene rings is 1. The Hall–Kier alpha value is -2.08. The number of hydrogen-bond acceptors (Lipinski definition) is 6. The van der Waals surface area contributed by atoms with Crippen molar-refractivity contribution in [2.24, 2.45) is 0 Å². The first kappa shape index (κ1) is 12.0. The molecule has 3 rings (SSSR count). The van der Waals surface area contributed by atoms with Crippen molar-refractivity contribution in [1.82, 2.24) is 4.98 Å². The standard InChI is InChI=1S/C13H11NO4S/c1-2-16-13(15)12-14-9(6-19-12)8-3-4-10-11(5-8)18-7-17-10/h3-6H,2,7H2,1H3. The van der Waals surface area contributed by atoms with Crippen LogP contribution in [0.2, 0.25) is 0 Å². The second-order valence-electron chi connectivity index (χ2n) is 3.83. The average molecular weight is 277 g/mol. The van der Waals surface area contributed by atoms with Crippen molar-refractivity contribution in [2.45, 2.75) is 6.92 Å². The van der Waals surface area contributed by atoms with E-state index in [0.29, 0.717) is 17.4 Å². The minimum Gasteiger partial charge on any atom is -0.461 e. The Labute approximate surface area is 113 Å². The SMILES string of the molecule is CCOC(=O)c1nc(-c2ccc3c(c2)OCO3)cs1. The molecule has 0 radical (unpaired) electrons. The smallest absolute Gasteiger partial charge is 0.367 e. The third-order valence-electron chi connectivity index (χ3n) is 2.62. The van der Waals surface area contributed by atoms with E-state index in [4.69, 9.17) is 14.2 Å². The van der Waals surface area contributed by atoms with Crippen LogP contribution in [0.1, 0.15) is 16.7 Å². The average Bonchev–Trinajstić information content (AvgIpc) is 3.07. The Morgan fingerprint density at radius 1 is 1.42 bits per heavy atom. The first-order chi connectivity index (χ1) is 9.28. The van der Waals surface area contributed by atoms with Crippen LogP contribution in [-0.2, 0) is 4.74 Å². The zero-order valence-electron chi connectivity index (χ0n) is 10.2. The molecule has 0 atom stereocenters. The summed E-state index contributed by atoms with van der Waals surface area (Å²) in [6.07, 6.45) is 0. The van der Waals surface area contributed by atoms with Crippen molar-refractivity contribution >= 4 is 17.3 Å². The Morgan fingerprint density at radius 2 is 2.26 bits per heavy atom. The molecule has 0 saturated heterocycles. The third kappa shape index (κ3) is 2.26. The number of carbonyl (C=O) groups is 1. The molecule has 5 nitrogen and oxygen atoms in total. The van der Waals surface area contributed by atoms with E-state index in [-0.39, 0.29) is 12.8 Å². The van der Waals surface area contributed by atoms with Crippen LogP contribution in [0, 0.1) is 0 Å². The third-order valence-corrected chi connectivity index (χ3v) is 3.44. The van der Waals surface area contributed by atoms with Crippen molar-refractivity contribution in [3.05, 3.63) is 28.6 Å². The fraction of sp³-hybridized carbons (Fsp3) is 0.231. The van der Waals surface area contributed by atoms with Gasteiger partial charge in [-0.2, -0.15) is 0 Å². The Morgan fingerprint density at radius 3 is 3.11 bits per heavy atom. The van der Waals surface area contributed by atoms with E-state index in [9.17, 15) is 4.79 Å². The first-order valence-electron chi connectivity index (χ1n) is 5.80. The number of carbonyl (C=O) groups excluding carboxylic acids is 1.